The molecule has 0 saturated carbocycles. The van der Waals surface area contributed by atoms with Crippen molar-refractivity contribution in [1.29, 1.82) is 0 Å². The third-order valence-corrected chi connectivity index (χ3v) is 8.52. The van der Waals surface area contributed by atoms with Gasteiger partial charge in [0, 0.05) is 53.3 Å². The Balaban J connectivity index is 1.52. The monoisotopic (exact) mass is 585 g/mol. The number of nitrogens with zero attached hydrogens (tertiary/aromatic N) is 6. The lowest BCUT2D eigenvalue weighted by molar-refractivity contribution is 1.29. The molecule has 45 heavy (non-hydrogen) atoms. The SMILES string of the molecule is O=c1c2cc3nccnc3cc2[nH]c2c1c1[nH]c3cc4nccnc4cc3c(=O)c1c1[nH]c3cc4nccnc4cc3c(=O)c21. The van der Waals surface area contributed by atoms with E-state index < -0.39 is 0 Å². The number of aromatic nitrogens is 9. The number of fused-ring (bicyclic) bond motifs is 12. The molecular weight excluding hydrogens is 570 g/mol. The smallest absolute Gasteiger partial charge is 0.199 e. The van der Waals surface area contributed by atoms with Gasteiger partial charge in [0.25, 0.3) is 0 Å². The number of pyridine rings is 3. The van der Waals surface area contributed by atoms with Gasteiger partial charge in [-0.3, -0.25) is 44.3 Å². The lowest BCUT2D eigenvalue weighted by Crippen LogP contribution is -2.15. The largest absolute Gasteiger partial charge is 0.354 e. The molecule has 0 atom stereocenters. The molecule has 6 aromatic heterocycles. The number of aromatic amines is 3. The Morgan fingerprint density at radius 2 is 0.600 bits per heavy atom. The van der Waals surface area contributed by atoms with Crippen LogP contribution in [0.2, 0.25) is 0 Å². The summed E-state index contributed by atoms with van der Waals surface area (Å²) in [6.07, 6.45) is 9.39. The van der Waals surface area contributed by atoms with Crippen LogP contribution in [-0.2, 0) is 0 Å². The average molecular weight is 586 g/mol. The second-order valence-electron chi connectivity index (χ2n) is 10.9. The van der Waals surface area contributed by atoms with Crippen LogP contribution in [0.15, 0.2) is 88.0 Å². The molecule has 0 amide bonds. The van der Waals surface area contributed by atoms with Crippen molar-refractivity contribution in [3.63, 3.8) is 0 Å². The predicted molar refractivity (Wildman–Crippen MR) is 173 cm³/mol. The van der Waals surface area contributed by atoms with Crippen LogP contribution in [-0.4, -0.2) is 44.9 Å². The molecule has 0 aliphatic rings. The first-order chi connectivity index (χ1) is 22.0. The Morgan fingerprint density at radius 3 is 0.867 bits per heavy atom. The lowest BCUT2D eigenvalue weighted by Gasteiger charge is -2.13. The molecule has 10 aromatic rings. The van der Waals surface area contributed by atoms with Crippen molar-refractivity contribution < 1.29 is 0 Å². The van der Waals surface area contributed by atoms with Gasteiger partial charge < -0.3 is 15.0 Å². The van der Waals surface area contributed by atoms with Crippen molar-refractivity contribution in [3.8, 4) is 0 Å². The first-order valence-electron chi connectivity index (χ1n) is 14.0. The van der Waals surface area contributed by atoms with Gasteiger partial charge in [0.1, 0.15) is 0 Å². The fraction of sp³-hybridized carbons (Fsp3) is 0. The summed E-state index contributed by atoms with van der Waals surface area (Å²) in [6, 6.07) is 10.2. The molecular formula is C33H15N9O3. The number of hydrogen-bond donors (Lipinski definition) is 3. The molecule has 210 valence electrons. The molecule has 0 aliphatic carbocycles. The molecule has 6 heterocycles. The molecule has 4 aromatic carbocycles. The minimum absolute atomic E-state index is 0.178. The van der Waals surface area contributed by atoms with Crippen LogP contribution in [0.4, 0.5) is 0 Å². The molecule has 0 spiro atoms. The minimum Gasteiger partial charge on any atom is -0.354 e. The van der Waals surface area contributed by atoms with Crippen molar-refractivity contribution in [3.05, 3.63) is 104 Å². The normalized spacial score (nSPS) is 12.3. The van der Waals surface area contributed by atoms with E-state index in [-0.39, 0.29) is 49.0 Å². The van der Waals surface area contributed by atoms with Gasteiger partial charge in [-0.25, -0.2) is 0 Å². The number of benzene rings is 4. The Bertz CT molecular complexity index is 2810. The second-order valence-corrected chi connectivity index (χ2v) is 10.9. The zero-order valence-corrected chi connectivity index (χ0v) is 22.8. The zero-order valence-electron chi connectivity index (χ0n) is 22.8. The van der Waals surface area contributed by atoms with E-state index in [2.05, 4.69) is 44.9 Å². The third-order valence-electron chi connectivity index (χ3n) is 8.52. The van der Waals surface area contributed by atoms with E-state index in [1.165, 1.54) is 0 Å². The fourth-order valence-electron chi connectivity index (χ4n) is 6.52. The van der Waals surface area contributed by atoms with E-state index in [0.29, 0.717) is 65.8 Å². The first kappa shape index (κ1) is 23.8. The molecule has 0 bridgehead atoms. The van der Waals surface area contributed by atoms with Crippen molar-refractivity contribution in [2.75, 3.05) is 0 Å². The summed E-state index contributed by atoms with van der Waals surface area (Å²) in [5.41, 5.74) is 4.60. The lowest BCUT2D eigenvalue weighted by atomic mass is 9.98. The summed E-state index contributed by atoms with van der Waals surface area (Å²) in [5.74, 6) is 0. The van der Waals surface area contributed by atoms with Crippen LogP contribution >= 0.6 is 0 Å². The van der Waals surface area contributed by atoms with Crippen LogP contribution in [0.3, 0.4) is 0 Å². The molecule has 3 N–H and O–H groups in total. The molecule has 0 unspecified atom stereocenters. The minimum atomic E-state index is -0.363. The maximum atomic E-state index is 14.5. The number of hydrogen-bond acceptors (Lipinski definition) is 9. The summed E-state index contributed by atoms with van der Waals surface area (Å²) in [4.78, 5) is 79.7. The quantitative estimate of drug-likeness (QED) is 0.171. The van der Waals surface area contributed by atoms with Crippen molar-refractivity contribution in [2.45, 2.75) is 0 Å². The molecule has 0 fully saturated rings. The highest BCUT2D eigenvalue weighted by Crippen LogP contribution is 2.33. The molecule has 12 heteroatoms. The standard InChI is InChI=1S/C33H15N9O3/c43-31-13-7-19-22(37-4-1-34-19)10-16(13)40-28-25(31)29-27(33(45)14-8-20-23(11-17(14)41-29)38-5-2-35-20)30-26(28)32(44)15-9-21-24(12-18(15)42-30)39-6-3-36-21/h1-12H,(H,40,43)(H,41,45)(H,42,44). The topological polar surface area (TPSA) is 176 Å². The van der Waals surface area contributed by atoms with Crippen LogP contribution < -0.4 is 16.3 Å². The molecule has 10 rings (SSSR count). The van der Waals surface area contributed by atoms with E-state index in [1.54, 1.807) is 73.6 Å². The fourth-order valence-corrected chi connectivity index (χ4v) is 6.52. The summed E-state index contributed by atoms with van der Waals surface area (Å²) in [6.45, 7) is 0. The van der Waals surface area contributed by atoms with Gasteiger partial charge in [0.2, 0.25) is 0 Å². The molecule has 12 nitrogen and oxygen atoms in total. The predicted octanol–water partition coefficient (Wildman–Crippen LogP) is 4.50. The highest BCUT2D eigenvalue weighted by Gasteiger charge is 2.22. The Morgan fingerprint density at radius 1 is 0.356 bits per heavy atom. The maximum absolute atomic E-state index is 14.5. The number of rotatable bonds is 0. The zero-order chi connectivity index (χ0) is 30.0. The van der Waals surface area contributed by atoms with Gasteiger partial charge in [-0.05, 0) is 36.4 Å². The summed E-state index contributed by atoms with van der Waals surface area (Å²) >= 11 is 0. The van der Waals surface area contributed by atoms with Gasteiger partial charge in [0.05, 0.1) is 82.4 Å². The maximum Gasteiger partial charge on any atom is 0.199 e. The van der Waals surface area contributed by atoms with Crippen LogP contribution in [0.5, 0.6) is 0 Å². The van der Waals surface area contributed by atoms with Gasteiger partial charge in [-0.1, -0.05) is 0 Å². The van der Waals surface area contributed by atoms with Crippen molar-refractivity contribution in [2.24, 2.45) is 0 Å². The van der Waals surface area contributed by atoms with Gasteiger partial charge in [-0.2, -0.15) is 0 Å². The van der Waals surface area contributed by atoms with E-state index >= 15 is 0 Å². The van der Waals surface area contributed by atoms with Crippen molar-refractivity contribution in [1.82, 2.24) is 44.9 Å². The van der Waals surface area contributed by atoms with E-state index in [9.17, 15) is 14.4 Å². The highest BCUT2D eigenvalue weighted by atomic mass is 16.1. The van der Waals surface area contributed by atoms with Gasteiger partial charge >= 0.3 is 0 Å². The Kier molecular flexibility index (Phi) is 4.36. The Hall–Kier alpha value is -6.69. The van der Waals surface area contributed by atoms with Crippen LogP contribution in [0, 0.1) is 0 Å². The van der Waals surface area contributed by atoms with Gasteiger partial charge in [-0.15, -0.1) is 0 Å². The second kappa shape index (κ2) is 8.23. The van der Waals surface area contributed by atoms with Gasteiger partial charge in [0.15, 0.2) is 16.3 Å². The average Bonchev–Trinajstić information content (AvgIpc) is 3.06. The van der Waals surface area contributed by atoms with E-state index in [1.807, 2.05) is 0 Å². The van der Waals surface area contributed by atoms with Crippen LogP contribution in [0.25, 0.3) is 98.5 Å². The summed E-state index contributed by atoms with van der Waals surface area (Å²) in [7, 11) is 0. The van der Waals surface area contributed by atoms with Crippen LogP contribution in [0.1, 0.15) is 0 Å². The molecule has 0 radical (unpaired) electrons. The number of H-pyrrole nitrogens is 3. The molecule has 0 aliphatic heterocycles. The number of nitrogens with one attached hydrogen (secondary N) is 3. The highest BCUT2D eigenvalue weighted by molar-refractivity contribution is 6.26. The van der Waals surface area contributed by atoms with Crippen molar-refractivity contribution >= 4 is 98.5 Å². The van der Waals surface area contributed by atoms with E-state index in [4.69, 9.17) is 0 Å². The summed E-state index contributed by atoms with van der Waals surface area (Å²) in [5, 5.41) is 1.57. The Labute approximate surface area is 247 Å². The molecule has 0 saturated heterocycles. The summed E-state index contributed by atoms with van der Waals surface area (Å²) < 4.78 is 0. The third kappa shape index (κ3) is 3.11. The first-order valence-corrected chi connectivity index (χ1v) is 14.0. The van der Waals surface area contributed by atoms with E-state index in [0.717, 1.165) is 0 Å².